The minimum atomic E-state index is -0.458. The van der Waals surface area contributed by atoms with E-state index in [0.29, 0.717) is 23.5 Å². The van der Waals surface area contributed by atoms with E-state index in [0.717, 1.165) is 12.1 Å². The zero-order chi connectivity index (χ0) is 22.4. The highest BCUT2D eigenvalue weighted by Gasteiger charge is 2.25. The molecular formula is C23H32FN3O3. The zero-order valence-corrected chi connectivity index (χ0v) is 18.6. The number of ether oxygens (including phenoxy) is 2. The molecule has 0 aromatic heterocycles. The first-order valence-electron chi connectivity index (χ1n) is 9.88. The lowest BCUT2D eigenvalue weighted by atomic mass is 9.82. The molecule has 7 heteroatoms. The molecule has 0 saturated heterocycles. The number of carbonyl (C=O) groups excluding carboxylic acids is 1. The number of rotatable bonds is 8. The van der Waals surface area contributed by atoms with Crippen LogP contribution in [0, 0.1) is 11.7 Å². The number of hydrogen-bond donors (Lipinski definition) is 1. The average Bonchev–Trinajstić information content (AvgIpc) is 2.69. The largest absolute Gasteiger partial charge is 0.496 e. The number of carbonyl (C=O) groups is 1. The summed E-state index contributed by atoms with van der Waals surface area (Å²) in [6.07, 6.45) is 0.0794. The van der Waals surface area contributed by atoms with Crippen molar-refractivity contribution in [3.05, 3.63) is 53.3 Å². The summed E-state index contributed by atoms with van der Waals surface area (Å²) in [5.74, 6) is 0.853. The van der Waals surface area contributed by atoms with Gasteiger partial charge in [0.1, 0.15) is 17.3 Å². The molecule has 2 unspecified atom stereocenters. The lowest BCUT2D eigenvalue weighted by Crippen LogP contribution is -2.27. The monoisotopic (exact) mass is 417 g/mol. The van der Waals surface area contributed by atoms with Gasteiger partial charge >= 0.3 is 6.09 Å². The number of amides is 1. The molecule has 164 valence electrons. The summed E-state index contributed by atoms with van der Waals surface area (Å²) in [6.45, 7) is 2.84. The van der Waals surface area contributed by atoms with Crippen LogP contribution in [-0.2, 0) is 6.42 Å². The molecule has 2 aromatic rings. The molecule has 0 saturated carbocycles. The molecule has 0 radical (unpaired) electrons. The third kappa shape index (κ3) is 5.86. The van der Waals surface area contributed by atoms with E-state index >= 15 is 0 Å². The minimum absolute atomic E-state index is 0.0642. The number of nitrogen functional groups attached to an aromatic ring is 1. The fourth-order valence-electron chi connectivity index (χ4n) is 3.48. The van der Waals surface area contributed by atoms with Crippen molar-refractivity contribution in [3.8, 4) is 11.5 Å². The van der Waals surface area contributed by atoms with Gasteiger partial charge in [-0.15, -0.1) is 0 Å². The van der Waals surface area contributed by atoms with Crippen LogP contribution in [0.15, 0.2) is 36.4 Å². The highest BCUT2D eigenvalue weighted by atomic mass is 19.1. The standard InChI is InChI=1S/C23H32FN3O3/c1-15(12-16-8-7-9-20(25)22(16)24)19(14-26(2)3)18-11-10-17(13-21(18)29-6)30-23(28)27(4)5/h7-11,13,15,19H,12,14,25H2,1-6H3. The van der Waals surface area contributed by atoms with Crippen molar-refractivity contribution in [1.29, 1.82) is 0 Å². The lowest BCUT2D eigenvalue weighted by Gasteiger charge is -2.29. The van der Waals surface area contributed by atoms with Crippen molar-refractivity contribution < 1.29 is 18.7 Å². The first-order valence-corrected chi connectivity index (χ1v) is 9.88. The first kappa shape index (κ1) is 23.5. The molecule has 2 aromatic carbocycles. The van der Waals surface area contributed by atoms with Crippen LogP contribution in [0.4, 0.5) is 14.9 Å². The molecule has 1 amide bonds. The Balaban J connectivity index is 2.35. The molecule has 2 atom stereocenters. The molecule has 2 rings (SSSR count). The average molecular weight is 418 g/mol. The fourth-order valence-corrected chi connectivity index (χ4v) is 3.48. The normalized spacial score (nSPS) is 13.1. The predicted octanol–water partition coefficient (Wildman–Crippen LogP) is 4.00. The number of likely N-dealkylation sites (N-methyl/N-ethyl adjacent to an activating group) is 1. The van der Waals surface area contributed by atoms with Crippen LogP contribution in [0.1, 0.15) is 24.0 Å². The van der Waals surface area contributed by atoms with E-state index in [2.05, 4.69) is 11.8 Å². The Labute approximate surface area is 178 Å². The molecule has 0 heterocycles. The summed E-state index contributed by atoms with van der Waals surface area (Å²) in [7, 11) is 8.84. The van der Waals surface area contributed by atoms with Gasteiger partial charge in [0.05, 0.1) is 12.8 Å². The number of hydrogen-bond acceptors (Lipinski definition) is 5. The number of benzene rings is 2. The fraction of sp³-hybridized carbons (Fsp3) is 0.435. The third-order valence-corrected chi connectivity index (χ3v) is 5.07. The van der Waals surface area contributed by atoms with Crippen molar-refractivity contribution in [1.82, 2.24) is 9.80 Å². The van der Waals surface area contributed by atoms with Crippen molar-refractivity contribution in [2.75, 3.05) is 47.6 Å². The summed E-state index contributed by atoms with van der Waals surface area (Å²) >= 11 is 0. The summed E-state index contributed by atoms with van der Waals surface area (Å²) in [5.41, 5.74) is 7.48. The molecule has 0 aliphatic carbocycles. The second kappa shape index (κ2) is 10.3. The molecule has 6 nitrogen and oxygen atoms in total. The summed E-state index contributed by atoms with van der Waals surface area (Å²) < 4.78 is 25.4. The van der Waals surface area contributed by atoms with Crippen LogP contribution < -0.4 is 15.2 Å². The quantitative estimate of drug-likeness (QED) is 0.658. The molecular weight excluding hydrogens is 385 g/mol. The van der Waals surface area contributed by atoms with Crippen molar-refractivity contribution >= 4 is 11.8 Å². The Hall–Kier alpha value is -2.80. The number of methoxy groups -OCH3 is 1. The van der Waals surface area contributed by atoms with Crippen LogP contribution in [0.5, 0.6) is 11.5 Å². The zero-order valence-electron chi connectivity index (χ0n) is 18.6. The summed E-state index contributed by atoms with van der Waals surface area (Å²) in [5, 5.41) is 0. The Bertz CT molecular complexity index is 871. The van der Waals surface area contributed by atoms with E-state index < -0.39 is 6.09 Å². The maximum atomic E-state index is 14.5. The SMILES string of the molecule is COc1cc(OC(=O)N(C)C)ccc1C(CN(C)C)C(C)Cc1cccc(N)c1F. The molecule has 0 spiro atoms. The molecule has 30 heavy (non-hydrogen) atoms. The maximum absolute atomic E-state index is 14.5. The van der Waals surface area contributed by atoms with Gasteiger partial charge < -0.3 is 25.0 Å². The van der Waals surface area contributed by atoms with Crippen LogP contribution in [0.25, 0.3) is 0 Å². The smallest absolute Gasteiger partial charge is 0.414 e. The van der Waals surface area contributed by atoms with Gasteiger partial charge in [0.2, 0.25) is 0 Å². The van der Waals surface area contributed by atoms with Gasteiger partial charge in [-0.3, -0.25) is 0 Å². The molecule has 2 N–H and O–H groups in total. The van der Waals surface area contributed by atoms with Gasteiger partial charge in [-0.25, -0.2) is 9.18 Å². The number of nitrogens with zero attached hydrogens (tertiary/aromatic N) is 2. The second-order valence-corrected chi connectivity index (χ2v) is 8.04. The molecule has 0 bridgehead atoms. The van der Waals surface area contributed by atoms with E-state index in [1.165, 1.54) is 4.90 Å². The topological polar surface area (TPSA) is 68.0 Å². The van der Waals surface area contributed by atoms with Gasteiger partial charge in [-0.05, 0) is 49.7 Å². The van der Waals surface area contributed by atoms with Crippen molar-refractivity contribution in [2.45, 2.75) is 19.3 Å². The maximum Gasteiger partial charge on any atom is 0.414 e. The number of halogens is 1. The number of anilines is 1. The molecule has 0 fully saturated rings. The Morgan fingerprint density at radius 1 is 1.17 bits per heavy atom. The molecule has 0 aliphatic rings. The second-order valence-electron chi connectivity index (χ2n) is 8.04. The first-order chi connectivity index (χ1) is 14.1. The third-order valence-electron chi connectivity index (χ3n) is 5.07. The highest BCUT2D eigenvalue weighted by molar-refractivity contribution is 5.70. The van der Waals surface area contributed by atoms with Crippen molar-refractivity contribution in [3.63, 3.8) is 0 Å². The Kier molecular flexibility index (Phi) is 8.06. The van der Waals surface area contributed by atoms with Crippen molar-refractivity contribution in [2.24, 2.45) is 5.92 Å². The van der Waals surface area contributed by atoms with Crippen LogP contribution >= 0.6 is 0 Å². The summed E-state index contributed by atoms with van der Waals surface area (Å²) in [4.78, 5) is 15.3. The predicted molar refractivity (Wildman–Crippen MR) is 118 cm³/mol. The van der Waals surface area contributed by atoms with Gasteiger partial charge in [-0.1, -0.05) is 25.1 Å². The van der Waals surface area contributed by atoms with Gasteiger partial charge in [0, 0.05) is 32.6 Å². The van der Waals surface area contributed by atoms with E-state index in [1.54, 1.807) is 51.5 Å². The summed E-state index contributed by atoms with van der Waals surface area (Å²) in [6, 6.07) is 10.5. The Morgan fingerprint density at radius 3 is 2.47 bits per heavy atom. The minimum Gasteiger partial charge on any atom is -0.496 e. The van der Waals surface area contributed by atoms with E-state index in [-0.39, 0.29) is 23.3 Å². The molecule has 0 aliphatic heterocycles. The van der Waals surface area contributed by atoms with E-state index in [4.69, 9.17) is 15.2 Å². The van der Waals surface area contributed by atoms with Gasteiger partial charge in [0.15, 0.2) is 0 Å². The van der Waals surface area contributed by atoms with Gasteiger partial charge in [0.25, 0.3) is 0 Å². The number of nitrogens with two attached hydrogens (primary N) is 1. The highest BCUT2D eigenvalue weighted by Crippen LogP contribution is 2.37. The van der Waals surface area contributed by atoms with E-state index in [9.17, 15) is 9.18 Å². The van der Waals surface area contributed by atoms with Crippen LogP contribution in [0.3, 0.4) is 0 Å². The lowest BCUT2D eigenvalue weighted by molar-refractivity contribution is 0.171. The Morgan fingerprint density at radius 2 is 1.87 bits per heavy atom. The van der Waals surface area contributed by atoms with Gasteiger partial charge in [-0.2, -0.15) is 0 Å². The van der Waals surface area contributed by atoms with Crippen LogP contribution in [0.2, 0.25) is 0 Å². The van der Waals surface area contributed by atoms with Crippen LogP contribution in [-0.4, -0.2) is 57.7 Å². The van der Waals surface area contributed by atoms with E-state index in [1.807, 2.05) is 20.2 Å².